The maximum Gasteiger partial charge on any atom is 0.222 e. The molecule has 0 unspecified atom stereocenters. The molecule has 1 aromatic heterocycles. The highest BCUT2D eigenvalue weighted by atomic mass is 16.2. The van der Waals surface area contributed by atoms with Gasteiger partial charge >= 0.3 is 0 Å². The number of unbranched alkanes of at least 4 members (excludes halogenated alkanes) is 1. The maximum absolute atomic E-state index is 12.1. The van der Waals surface area contributed by atoms with Crippen LogP contribution in [0.2, 0.25) is 0 Å². The van der Waals surface area contributed by atoms with E-state index in [4.69, 9.17) is 0 Å². The summed E-state index contributed by atoms with van der Waals surface area (Å²) in [5, 5.41) is 8.72. The van der Waals surface area contributed by atoms with Gasteiger partial charge in [0.15, 0.2) is 5.82 Å². The molecule has 1 aliphatic rings. The number of anilines is 1. The molecule has 0 bridgehead atoms. The number of piperazine rings is 1. The Morgan fingerprint density at radius 3 is 2.38 bits per heavy atom. The van der Waals surface area contributed by atoms with Gasteiger partial charge in [-0.2, -0.15) is 0 Å². The van der Waals surface area contributed by atoms with E-state index in [1.807, 2.05) is 47.4 Å². The van der Waals surface area contributed by atoms with E-state index in [9.17, 15) is 4.79 Å². The quantitative estimate of drug-likeness (QED) is 0.848. The standard InChI is InChI=1S/C19H24N4O/c1-2-3-9-19(24)23-14-12-22(13-15-23)18-11-10-17(20-21-18)16-7-5-4-6-8-16/h4-8,10-11H,2-3,9,12-15H2,1H3. The number of hydrogen-bond donors (Lipinski definition) is 0. The first-order valence-electron chi connectivity index (χ1n) is 8.70. The van der Waals surface area contributed by atoms with Crippen molar-refractivity contribution < 1.29 is 4.79 Å². The summed E-state index contributed by atoms with van der Waals surface area (Å²) in [6, 6.07) is 14.1. The van der Waals surface area contributed by atoms with Crippen LogP contribution in [0.4, 0.5) is 5.82 Å². The normalized spacial score (nSPS) is 14.7. The molecule has 0 spiro atoms. The minimum Gasteiger partial charge on any atom is -0.352 e. The number of benzene rings is 1. The van der Waals surface area contributed by atoms with E-state index in [2.05, 4.69) is 22.0 Å². The summed E-state index contributed by atoms with van der Waals surface area (Å²) in [5.41, 5.74) is 1.95. The first-order chi connectivity index (χ1) is 11.8. The number of rotatable bonds is 5. The van der Waals surface area contributed by atoms with Gasteiger partial charge in [0.1, 0.15) is 0 Å². The predicted molar refractivity (Wildman–Crippen MR) is 95.8 cm³/mol. The Morgan fingerprint density at radius 2 is 1.75 bits per heavy atom. The Hall–Kier alpha value is -2.43. The van der Waals surface area contributed by atoms with Gasteiger partial charge in [0, 0.05) is 38.2 Å². The Labute approximate surface area is 143 Å². The average molecular weight is 324 g/mol. The first kappa shape index (κ1) is 16.4. The minimum atomic E-state index is 0.280. The van der Waals surface area contributed by atoms with Gasteiger partial charge in [-0.25, -0.2) is 0 Å². The molecule has 2 aromatic rings. The lowest BCUT2D eigenvalue weighted by Gasteiger charge is -2.35. The Kier molecular flexibility index (Phi) is 5.41. The van der Waals surface area contributed by atoms with E-state index < -0.39 is 0 Å². The second-order valence-electron chi connectivity index (χ2n) is 6.11. The average Bonchev–Trinajstić information content (AvgIpc) is 2.67. The number of amides is 1. The number of nitrogens with zero attached hydrogens (tertiary/aromatic N) is 4. The Balaban J connectivity index is 1.58. The van der Waals surface area contributed by atoms with Crippen molar-refractivity contribution in [3.8, 4) is 11.3 Å². The lowest BCUT2D eigenvalue weighted by Crippen LogP contribution is -2.49. The van der Waals surface area contributed by atoms with Crippen LogP contribution < -0.4 is 4.90 Å². The van der Waals surface area contributed by atoms with Crippen molar-refractivity contribution in [2.45, 2.75) is 26.2 Å². The van der Waals surface area contributed by atoms with Crippen LogP contribution in [-0.2, 0) is 4.79 Å². The molecule has 0 aliphatic carbocycles. The molecule has 0 atom stereocenters. The molecule has 5 heteroatoms. The largest absolute Gasteiger partial charge is 0.352 e. The smallest absolute Gasteiger partial charge is 0.222 e. The van der Waals surface area contributed by atoms with Gasteiger partial charge < -0.3 is 9.80 Å². The molecule has 2 heterocycles. The molecule has 1 aliphatic heterocycles. The third kappa shape index (κ3) is 3.91. The highest BCUT2D eigenvalue weighted by Gasteiger charge is 2.21. The van der Waals surface area contributed by atoms with E-state index in [0.29, 0.717) is 6.42 Å². The van der Waals surface area contributed by atoms with Crippen molar-refractivity contribution in [3.05, 3.63) is 42.5 Å². The molecule has 24 heavy (non-hydrogen) atoms. The van der Waals surface area contributed by atoms with E-state index in [-0.39, 0.29) is 5.91 Å². The van der Waals surface area contributed by atoms with Crippen LogP contribution in [0.25, 0.3) is 11.3 Å². The Bertz CT molecular complexity index is 649. The molecule has 126 valence electrons. The minimum absolute atomic E-state index is 0.280. The monoisotopic (exact) mass is 324 g/mol. The lowest BCUT2D eigenvalue weighted by atomic mass is 10.1. The lowest BCUT2D eigenvalue weighted by molar-refractivity contribution is -0.131. The van der Waals surface area contributed by atoms with Gasteiger partial charge in [-0.05, 0) is 18.6 Å². The molecule has 1 fully saturated rings. The fraction of sp³-hybridized carbons (Fsp3) is 0.421. The molecule has 3 rings (SSSR count). The van der Waals surface area contributed by atoms with Crippen molar-refractivity contribution >= 4 is 11.7 Å². The molecule has 5 nitrogen and oxygen atoms in total. The zero-order valence-electron chi connectivity index (χ0n) is 14.2. The number of hydrogen-bond acceptors (Lipinski definition) is 4. The molecule has 1 amide bonds. The van der Waals surface area contributed by atoms with Crippen LogP contribution in [0.3, 0.4) is 0 Å². The van der Waals surface area contributed by atoms with Crippen LogP contribution in [0.5, 0.6) is 0 Å². The van der Waals surface area contributed by atoms with Gasteiger partial charge in [-0.1, -0.05) is 43.7 Å². The fourth-order valence-corrected chi connectivity index (χ4v) is 2.93. The van der Waals surface area contributed by atoms with E-state index in [1.54, 1.807) is 0 Å². The van der Waals surface area contributed by atoms with Crippen LogP contribution >= 0.6 is 0 Å². The molecule has 0 N–H and O–H groups in total. The van der Waals surface area contributed by atoms with E-state index in [1.165, 1.54) is 0 Å². The predicted octanol–water partition coefficient (Wildman–Crippen LogP) is 2.98. The highest BCUT2D eigenvalue weighted by molar-refractivity contribution is 5.76. The third-order valence-corrected chi connectivity index (χ3v) is 4.42. The molecule has 1 aromatic carbocycles. The van der Waals surface area contributed by atoms with Crippen molar-refractivity contribution in [2.75, 3.05) is 31.1 Å². The summed E-state index contributed by atoms with van der Waals surface area (Å²) in [6.45, 7) is 5.28. The summed E-state index contributed by atoms with van der Waals surface area (Å²) in [4.78, 5) is 16.3. The summed E-state index contributed by atoms with van der Waals surface area (Å²) in [7, 11) is 0. The van der Waals surface area contributed by atoms with Crippen LogP contribution in [0.1, 0.15) is 26.2 Å². The van der Waals surface area contributed by atoms with Gasteiger partial charge in [0.25, 0.3) is 0 Å². The summed E-state index contributed by atoms with van der Waals surface area (Å²) in [6.07, 6.45) is 2.71. The number of carbonyl (C=O) groups is 1. The molecule has 1 saturated heterocycles. The number of aromatic nitrogens is 2. The van der Waals surface area contributed by atoms with Crippen LogP contribution in [0, 0.1) is 0 Å². The van der Waals surface area contributed by atoms with Crippen molar-refractivity contribution in [1.82, 2.24) is 15.1 Å². The fourth-order valence-electron chi connectivity index (χ4n) is 2.93. The molecular weight excluding hydrogens is 300 g/mol. The number of carbonyl (C=O) groups excluding carboxylic acids is 1. The first-order valence-corrected chi connectivity index (χ1v) is 8.70. The summed E-state index contributed by atoms with van der Waals surface area (Å²) >= 11 is 0. The summed E-state index contributed by atoms with van der Waals surface area (Å²) in [5.74, 6) is 1.16. The zero-order chi connectivity index (χ0) is 16.8. The summed E-state index contributed by atoms with van der Waals surface area (Å²) < 4.78 is 0. The van der Waals surface area contributed by atoms with Gasteiger partial charge in [0.05, 0.1) is 5.69 Å². The third-order valence-electron chi connectivity index (χ3n) is 4.42. The van der Waals surface area contributed by atoms with Gasteiger partial charge in [0.2, 0.25) is 5.91 Å². The van der Waals surface area contributed by atoms with Crippen molar-refractivity contribution in [2.24, 2.45) is 0 Å². The van der Waals surface area contributed by atoms with Crippen molar-refractivity contribution in [3.63, 3.8) is 0 Å². The molecule has 0 radical (unpaired) electrons. The van der Waals surface area contributed by atoms with Crippen LogP contribution in [-0.4, -0.2) is 47.2 Å². The van der Waals surface area contributed by atoms with Gasteiger partial charge in [-0.3, -0.25) is 4.79 Å². The van der Waals surface area contributed by atoms with E-state index in [0.717, 1.165) is 56.1 Å². The van der Waals surface area contributed by atoms with Gasteiger partial charge in [-0.15, -0.1) is 10.2 Å². The second kappa shape index (κ2) is 7.90. The zero-order valence-corrected chi connectivity index (χ0v) is 14.2. The molecular formula is C19H24N4O. The second-order valence-corrected chi connectivity index (χ2v) is 6.11. The Morgan fingerprint density at radius 1 is 1.00 bits per heavy atom. The SMILES string of the molecule is CCCCC(=O)N1CCN(c2ccc(-c3ccccc3)nn2)CC1. The topological polar surface area (TPSA) is 49.3 Å². The van der Waals surface area contributed by atoms with Crippen molar-refractivity contribution in [1.29, 1.82) is 0 Å². The highest BCUT2D eigenvalue weighted by Crippen LogP contribution is 2.19. The van der Waals surface area contributed by atoms with E-state index >= 15 is 0 Å². The maximum atomic E-state index is 12.1. The molecule has 0 saturated carbocycles. The van der Waals surface area contributed by atoms with Crippen LogP contribution in [0.15, 0.2) is 42.5 Å².